The van der Waals surface area contributed by atoms with E-state index in [2.05, 4.69) is 26.6 Å². The number of piperazine rings is 1. The molecule has 1 atom stereocenters. The Morgan fingerprint density at radius 2 is 1.81 bits per heavy atom. The number of urea groups is 1. The van der Waals surface area contributed by atoms with E-state index in [1.165, 1.54) is 12.1 Å². The summed E-state index contributed by atoms with van der Waals surface area (Å²) < 4.78 is 13.7. The van der Waals surface area contributed by atoms with Crippen molar-refractivity contribution in [3.63, 3.8) is 0 Å². The molecule has 162 valence electrons. The van der Waals surface area contributed by atoms with Crippen LogP contribution in [0.5, 0.6) is 0 Å². The van der Waals surface area contributed by atoms with E-state index in [1.54, 1.807) is 17.0 Å². The minimum absolute atomic E-state index is 0.131. The van der Waals surface area contributed by atoms with Crippen LogP contribution in [0.15, 0.2) is 36.5 Å². The van der Waals surface area contributed by atoms with Crippen molar-refractivity contribution in [2.24, 2.45) is 0 Å². The second kappa shape index (κ2) is 7.98. The second-order valence-corrected chi connectivity index (χ2v) is 7.96. The maximum Gasteiger partial charge on any atom is 0.322 e. The van der Waals surface area contributed by atoms with Gasteiger partial charge in [0.2, 0.25) is 0 Å². The number of carbonyl (C=O) groups excluding carboxylic acids is 3. The molecule has 2 aromatic rings. The molecule has 2 fully saturated rings. The van der Waals surface area contributed by atoms with E-state index >= 15 is 0 Å². The first-order chi connectivity index (χ1) is 14.8. The summed E-state index contributed by atoms with van der Waals surface area (Å²) in [5, 5.41) is 4.40. The first-order valence-electron chi connectivity index (χ1n) is 10.1. The van der Waals surface area contributed by atoms with E-state index in [1.807, 2.05) is 20.0 Å². The first kappa shape index (κ1) is 20.8. The van der Waals surface area contributed by atoms with Crippen LogP contribution in [0.1, 0.15) is 27.0 Å². The molecule has 1 unspecified atom stereocenters. The van der Waals surface area contributed by atoms with Gasteiger partial charge in [0, 0.05) is 37.9 Å². The molecule has 2 aliphatic rings. The van der Waals surface area contributed by atoms with Crippen molar-refractivity contribution in [1.29, 1.82) is 0 Å². The number of nitrogens with zero attached hydrogens (tertiary/aromatic N) is 3. The minimum Gasteiger partial charge on any atom is -0.353 e. The molecule has 2 N–H and O–H groups in total. The number of nitrogens with one attached hydrogen (secondary N) is 2. The molecule has 0 aliphatic carbocycles. The second-order valence-electron chi connectivity index (χ2n) is 7.96. The lowest BCUT2D eigenvalue weighted by atomic mass is 9.90. The van der Waals surface area contributed by atoms with Gasteiger partial charge in [-0.3, -0.25) is 14.9 Å². The molecule has 4 rings (SSSR count). The fourth-order valence-corrected chi connectivity index (χ4v) is 4.11. The van der Waals surface area contributed by atoms with Crippen LogP contribution in [0.4, 0.5) is 15.0 Å². The number of rotatable bonds is 4. The quantitative estimate of drug-likeness (QED) is 0.727. The molecule has 1 aromatic heterocycles. The summed E-state index contributed by atoms with van der Waals surface area (Å²) in [6, 6.07) is 7.50. The summed E-state index contributed by atoms with van der Waals surface area (Å²) in [5.41, 5.74) is 1.22. The number of alkyl halides is 1. The molecule has 1 aromatic carbocycles. The number of aromatic nitrogens is 1. The Morgan fingerprint density at radius 3 is 2.35 bits per heavy atom. The topological polar surface area (TPSA) is 94.6 Å². The number of halogens is 1. The standard InChI is InChI=1S/C22H24FN5O3/c1-14-11-15(2)18(24-12-14)27-7-9-28(10-8-27)19(29)16-3-5-17(6-4-16)22(13-23)20(30)25-21(31)26-22/h3-6,11-12H,7-10,13H2,1-2H3,(H2,25,26,30,31). The Bertz CT molecular complexity index is 1030. The SMILES string of the molecule is Cc1cnc(N2CCN(C(=O)c3ccc(C4(CF)NC(=O)NC4=O)cc3)CC2)c(C)c1. The zero-order valence-corrected chi connectivity index (χ0v) is 17.4. The molecule has 0 radical (unpaired) electrons. The monoisotopic (exact) mass is 425 g/mol. The third-order valence-corrected chi connectivity index (χ3v) is 5.82. The number of anilines is 1. The van der Waals surface area contributed by atoms with Crippen LogP contribution in [0, 0.1) is 13.8 Å². The van der Waals surface area contributed by atoms with Crippen molar-refractivity contribution in [2.75, 3.05) is 37.8 Å². The summed E-state index contributed by atoms with van der Waals surface area (Å²) in [6.45, 7) is 5.44. The highest BCUT2D eigenvalue weighted by Gasteiger charge is 2.48. The number of hydrogen-bond donors (Lipinski definition) is 2. The third kappa shape index (κ3) is 3.71. The molecule has 8 nitrogen and oxygen atoms in total. The Labute approximate surface area is 179 Å². The number of carbonyl (C=O) groups is 3. The average molecular weight is 425 g/mol. The van der Waals surface area contributed by atoms with Crippen molar-refractivity contribution < 1.29 is 18.8 Å². The van der Waals surface area contributed by atoms with Crippen molar-refractivity contribution in [1.82, 2.24) is 20.5 Å². The maximum absolute atomic E-state index is 13.7. The van der Waals surface area contributed by atoms with E-state index < -0.39 is 24.2 Å². The van der Waals surface area contributed by atoms with Crippen LogP contribution in [0.25, 0.3) is 0 Å². The summed E-state index contributed by atoms with van der Waals surface area (Å²) in [7, 11) is 0. The van der Waals surface area contributed by atoms with Crippen LogP contribution in [-0.4, -0.2) is 60.6 Å². The Morgan fingerprint density at radius 1 is 1.13 bits per heavy atom. The minimum atomic E-state index is -1.75. The van der Waals surface area contributed by atoms with Crippen molar-refractivity contribution in [2.45, 2.75) is 19.4 Å². The highest BCUT2D eigenvalue weighted by molar-refractivity contribution is 6.07. The summed E-state index contributed by atoms with van der Waals surface area (Å²) in [5.74, 6) is 0.0691. The Balaban J connectivity index is 1.44. The molecule has 9 heteroatoms. The van der Waals surface area contributed by atoms with Crippen molar-refractivity contribution in [3.05, 3.63) is 58.8 Å². The zero-order valence-electron chi connectivity index (χ0n) is 17.4. The Hall–Kier alpha value is -3.49. The van der Waals surface area contributed by atoms with Gasteiger partial charge in [-0.15, -0.1) is 0 Å². The van der Waals surface area contributed by atoms with Gasteiger partial charge in [0.1, 0.15) is 12.5 Å². The predicted molar refractivity (Wildman–Crippen MR) is 113 cm³/mol. The molecule has 2 saturated heterocycles. The van der Waals surface area contributed by atoms with Gasteiger partial charge in [0.05, 0.1) is 0 Å². The lowest BCUT2D eigenvalue weighted by Gasteiger charge is -2.36. The fraction of sp³-hybridized carbons (Fsp3) is 0.364. The third-order valence-electron chi connectivity index (χ3n) is 5.82. The van der Waals surface area contributed by atoms with Crippen LogP contribution < -0.4 is 15.5 Å². The Kier molecular flexibility index (Phi) is 5.34. The van der Waals surface area contributed by atoms with Crippen LogP contribution in [0.2, 0.25) is 0 Å². The van der Waals surface area contributed by atoms with Crippen LogP contribution in [-0.2, 0) is 10.3 Å². The highest BCUT2D eigenvalue weighted by atomic mass is 19.1. The number of amides is 4. The van der Waals surface area contributed by atoms with Gasteiger partial charge in [0.25, 0.3) is 11.8 Å². The number of hydrogen-bond acceptors (Lipinski definition) is 5. The van der Waals surface area contributed by atoms with Gasteiger partial charge in [-0.05, 0) is 42.7 Å². The van der Waals surface area contributed by atoms with Gasteiger partial charge < -0.3 is 15.1 Å². The summed E-state index contributed by atoms with van der Waals surface area (Å²) in [4.78, 5) is 44.9. The number of imide groups is 1. The lowest BCUT2D eigenvalue weighted by Crippen LogP contribution is -2.49. The van der Waals surface area contributed by atoms with E-state index in [4.69, 9.17) is 0 Å². The zero-order chi connectivity index (χ0) is 22.2. The molecule has 0 saturated carbocycles. The number of aryl methyl sites for hydroxylation is 2. The molecular formula is C22H24FN5O3. The molecule has 0 bridgehead atoms. The number of benzene rings is 1. The van der Waals surface area contributed by atoms with Crippen molar-refractivity contribution >= 4 is 23.7 Å². The van der Waals surface area contributed by atoms with Gasteiger partial charge >= 0.3 is 6.03 Å². The van der Waals surface area contributed by atoms with E-state index in [0.29, 0.717) is 37.3 Å². The van der Waals surface area contributed by atoms with Crippen LogP contribution >= 0.6 is 0 Å². The number of pyridine rings is 1. The van der Waals surface area contributed by atoms with Gasteiger partial charge in [-0.1, -0.05) is 18.2 Å². The largest absolute Gasteiger partial charge is 0.353 e. The fourth-order valence-electron chi connectivity index (χ4n) is 4.11. The van der Waals surface area contributed by atoms with E-state index in [9.17, 15) is 18.8 Å². The van der Waals surface area contributed by atoms with E-state index in [0.717, 1.165) is 16.9 Å². The normalized spacial score (nSPS) is 21.1. The molecule has 2 aliphatic heterocycles. The molecular weight excluding hydrogens is 401 g/mol. The first-order valence-corrected chi connectivity index (χ1v) is 10.1. The smallest absolute Gasteiger partial charge is 0.322 e. The van der Waals surface area contributed by atoms with Crippen molar-refractivity contribution in [3.8, 4) is 0 Å². The lowest BCUT2D eigenvalue weighted by molar-refractivity contribution is -0.124. The molecule has 31 heavy (non-hydrogen) atoms. The molecule has 4 amide bonds. The molecule has 0 spiro atoms. The highest BCUT2D eigenvalue weighted by Crippen LogP contribution is 2.26. The average Bonchev–Trinajstić information content (AvgIpc) is 3.07. The predicted octanol–water partition coefficient (Wildman–Crippen LogP) is 1.67. The van der Waals surface area contributed by atoms with Gasteiger partial charge in [-0.2, -0.15) is 0 Å². The molecule has 3 heterocycles. The van der Waals surface area contributed by atoms with Gasteiger partial charge in [0.15, 0.2) is 5.54 Å². The maximum atomic E-state index is 13.7. The summed E-state index contributed by atoms with van der Waals surface area (Å²) >= 11 is 0. The van der Waals surface area contributed by atoms with Gasteiger partial charge in [-0.25, -0.2) is 14.2 Å². The summed E-state index contributed by atoms with van der Waals surface area (Å²) in [6.07, 6.45) is 1.85. The van der Waals surface area contributed by atoms with E-state index in [-0.39, 0.29) is 5.91 Å². The van der Waals surface area contributed by atoms with Crippen LogP contribution in [0.3, 0.4) is 0 Å².